The molecule has 1 saturated carbocycles. The van der Waals surface area contributed by atoms with E-state index in [0.717, 1.165) is 36.5 Å². The number of rotatable bonds is 6. The quantitative estimate of drug-likeness (QED) is 0.546. The Labute approximate surface area is 209 Å². The smallest absolute Gasteiger partial charge is 0.409 e. The maximum Gasteiger partial charge on any atom is 0.409 e. The molecule has 8 nitrogen and oxygen atoms in total. The van der Waals surface area contributed by atoms with Crippen LogP contribution < -0.4 is 4.31 Å². The Bertz CT molecular complexity index is 1080. The van der Waals surface area contributed by atoms with E-state index in [-0.39, 0.29) is 24.1 Å². The largest absolute Gasteiger partial charge is 0.755 e. The van der Waals surface area contributed by atoms with Crippen LogP contribution in [0.5, 0.6) is 0 Å². The van der Waals surface area contributed by atoms with Crippen molar-refractivity contribution >= 4 is 39.7 Å². The van der Waals surface area contributed by atoms with Crippen LogP contribution in [0.1, 0.15) is 62.2 Å². The molecule has 0 radical (unpaired) electrons. The summed E-state index contributed by atoms with van der Waals surface area (Å²) >= 11 is -2.51. The summed E-state index contributed by atoms with van der Waals surface area (Å²) in [4.78, 5) is 29.0. The lowest BCUT2D eigenvalue weighted by molar-refractivity contribution is 0.0698. The van der Waals surface area contributed by atoms with Crippen molar-refractivity contribution in [3.05, 3.63) is 42.0 Å². The fraction of sp³-hybridized carbons (Fsp3) is 0.538. The Morgan fingerprint density at radius 2 is 1.66 bits per heavy atom. The lowest BCUT2D eigenvalue weighted by Crippen LogP contribution is -2.47. The van der Waals surface area contributed by atoms with Gasteiger partial charge in [-0.1, -0.05) is 43.5 Å². The first kappa shape index (κ1) is 25.4. The third kappa shape index (κ3) is 5.46. The van der Waals surface area contributed by atoms with Gasteiger partial charge < -0.3 is 19.1 Å². The second-order valence-corrected chi connectivity index (χ2v) is 10.2. The minimum absolute atomic E-state index is 0.0304. The number of benzene rings is 2. The van der Waals surface area contributed by atoms with Gasteiger partial charge >= 0.3 is 6.09 Å². The highest BCUT2D eigenvalue weighted by Crippen LogP contribution is 2.35. The molecule has 2 aromatic carbocycles. The van der Waals surface area contributed by atoms with Crippen LogP contribution in [0, 0.1) is 0 Å². The highest BCUT2D eigenvalue weighted by Gasteiger charge is 2.30. The number of hydrogen-bond donors (Lipinski definition) is 0. The predicted octanol–water partition coefficient (Wildman–Crippen LogP) is 4.47. The standard InChI is InChI=1S/C26H35N3O5S/c1-3-34-26(31)28-17-15-20(16-18-28)29(35(32)33)24-14-13-23(21-11-7-8-12-22(21)24)25(30)27(2)19-9-5-4-6-10-19/h7-8,11-14,19-20H,3-6,9-10,15-18H2,1-2H3,(H,32,33)/p-1. The zero-order valence-corrected chi connectivity index (χ0v) is 21.3. The van der Waals surface area contributed by atoms with Gasteiger partial charge in [0.15, 0.2) is 0 Å². The maximum absolute atomic E-state index is 13.5. The number of ether oxygens (including phenoxy) is 1. The van der Waals surface area contributed by atoms with Crippen molar-refractivity contribution in [1.82, 2.24) is 9.80 Å². The van der Waals surface area contributed by atoms with Gasteiger partial charge in [-0.2, -0.15) is 0 Å². The highest BCUT2D eigenvalue weighted by molar-refractivity contribution is 7.80. The normalized spacial score (nSPS) is 18.3. The summed E-state index contributed by atoms with van der Waals surface area (Å²) in [6.07, 6.45) is 6.19. The van der Waals surface area contributed by atoms with Gasteiger partial charge in [-0.15, -0.1) is 0 Å². The number of likely N-dealkylation sites (tertiary alicyclic amines) is 1. The molecule has 1 unspecified atom stereocenters. The molecule has 9 heteroatoms. The predicted molar refractivity (Wildman–Crippen MR) is 136 cm³/mol. The molecule has 190 valence electrons. The first-order valence-corrected chi connectivity index (χ1v) is 13.5. The van der Waals surface area contributed by atoms with Crippen LogP contribution in [0.2, 0.25) is 0 Å². The van der Waals surface area contributed by atoms with Gasteiger partial charge in [0.25, 0.3) is 5.91 Å². The summed E-state index contributed by atoms with van der Waals surface area (Å²) in [5.74, 6) is -0.0304. The van der Waals surface area contributed by atoms with E-state index in [1.165, 1.54) is 10.7 Å². The molecule has 2 aromatic rings. The minimum Gasteiger partial charge on any atom is -0.755 e. The molecule has 1 atom stereocenters. The molecule has 1 heterocycles. The summed E-state index contributed by atoms with van der Waals surface area (Å²) < 4.78 is 31.4. The molecule has 0 spiro atoms. The second kappa shape index (κ2) is 11.4. The molecular weight excluding hydrogens is 466 g/mol. The van der Waals surface area contributed by atoms with Crippen molar-refractivity contribution in [2.45, 2.75) is 64.0 Å². The summed E-state index contributed by atoms with van der Waals surface area (Å²) in [5, 5.41) is 1.48. The van der Waals surface area contributed by atoms with Crippen molar-refractivity contribution < 1.29 is 23.1 Å². The van der Waals surface area contributed by atoms with E-state index in [1.807, 2.05) is 36.2 Å². The summed E-state index contributed by atoms with van der Waals surface area (Å²) in [6.45, 7) is 2.93. The SMILES string of the molecule is CCOC(=O)N1CCC(N(c2ccc(C(=O)N(C)C3CCCCC3)c3ccccc23)S(=O)[O-])CC1. The third-order valence-corrected chi connectivity index (χ3v) is 8.11. The number of hydrogen-bond acceptors (Lipinski definition) is 5. The molecule has 1 saturated heterocycles. The van der Waals surface area contributed by atoms with Gasteiger partial charge in [-0.25, -0.2) is 4.79 Å². The molecule has 1 aliphatic carbocycles. The molecule has 2 aliphatic rings. The van der Waals surface area contributed by atoms with E-state index < -0.39 is 11.3 Å². The molecule has 0 bridgehead atoms. The number of carbonyl (C=O) groups excluding carboxylic acids is 2. The van der Waals surface area contributed by atoms with Gasteiger partial charge in [-0.3, -0.25) is 13.3 Å². The molecule has 2 amide bonds. The van der Waals surface area contributed by atoms with Gasteiger partial charge in [0.2, 0.25) is 0 Å². The lowest BCUT2D eigenvalue weighted by Gasteiger charge is -2.40. The Hall–Kier alpha value is -2.65. The molecule has 0 aromatic heterocycles. The van der Waals surface area contributed by atoms with E-state index in [0.29, 0.717) is 43.8 Å². The van der Waals surface area contributed by atoms with E-state index in [1.54, 1.807) is 24.0 Å². The average molecular weight is 501 g/mol. The second-order valence-electron chi connectivity index (χ2n) is 9.35. The fourth-order valence-electron chi connectivity index (χ4n) is 5.38. The first-order valence-electron chi connectivity index (χ1n) is 12.5. The maximum atomic E-state index is 13.5. The van der Waals surface area contributed by atoms with Crippen LogP contribution in [-0.4, -0.2) is 69.4 Å². The topological polar surface area (TPSA) is 93.2 Å². The van der Waals surface area contributed by atoms with Crippen LogP contribution in [0.3, 0.4) is 0 Å². The molecule has 35 heavy (non-hydrogen) atoms. The molecule has 4 rings (SSSR count). The van der Waals surface area contributed by atoms with Crippen molar-refractivity contribution in [2.24, 2.45) is 0 Å². The van der Waals surface area contributed by atoms with Gasteiger partial charge in [0.1, 0.15) is 0 Å². The Balaban J connectivity index is 1.62. The van der Waals surface area contributed by atoms with Gasteiger partial charge in [0.05, 0.1) is 12.3 Å². The summed E-state index contributed by atoms with van der Waals surface area (Å²) in [5.41, 5.74) is 1.14. The molecule has 0 N–H and O–H groups in total. The minimum atomic E-state index is -2.51. The number of fused-ring (bicyclic) bond motifs is 1. The third-order valence-electron chi connectivity index (χ3n) is 7.29. The van der Waals surface area contributed by atoms with Crippen molar-refractivity contribution in [1.29, 1.82) is 0 Å². The number of anilines is 1. The Kier molecular flexibility index (Phi) is 8.28. The van der Waals surface area contributed by atoms with E-state index in [9.17, 15) is 18.4 Å². The first-order chi connectivity index (χ1) is 16.9. The van der Waals surface area contributed by atoms with Gasteiger partial charge in [-0.05, 0) is 50.1 Å². The van der Waals surface area contributed by atoms with Crippen LogP contribution in [0.15, 0.2) is 36.4 Å². The Morgan fingerprint density at radius 3 is 2.29 bits per heavy atom. The number of amides is 2. The van der Waals surface area contributed by atoms with E-state index in [2.05, 4.69) is 0 Å². The monoisotopic (exact) mass is 500 g/mol. The van der Waals surface area contributed by atoms with Crippen molar-refractivity contribution in [3.63, 3.8) is 0 Å². The van der Waals surface area contributed by atoms with E-state index >= 15 is 0 Å². The number of piperidine rings is 1. The van der Waals surface area contributed by atoms with E-state index in [4.69, 9.17) is 4.74 Å². The van der Waals surface area contributed by atoms with Crippen LogP contribution in [-0.2, 0) is 16.0 Å². The zero-order chi connectivity index (χ0) is 24.9. The number of carbonyl (C=O) groups is 2. The van der Waals surface area contributed by atoms with Crippen molar-refractivity contribution in [2.75, 3.05) is 31.0 Å². The summed E-state index contributed by atoms with van der Waals surface area (Å²) in [7, 11) is 1.87. The number of nitrogens with zero attached hydrogens (tertiary/aromatic N) is 3. The van der Waals surface area contributed by atoms with Crippen LogP contribution in [0.25, 0.3) is 10.8 Å². The molecular formula is C26H34N3O5S-. The van der Waals surface area contributed by atoms with Crippen molar-refractivity contribution in [3.8, 4) is 0 Å². The zero-order valence-electron chi connectivity index (χ0n) is 20.5. The lowest BCUT2D eigenvalue weighted by atomic mass is 9.93. The van der Waals surface area contributed by atoms with Gasteiger partial charge in [0, 0.05) is 54.4 Å². The average Bonchev–Trinajstić information content (AvgIpc) is 2.89. The molecule has 2 fully saturated rings. The highest BCUT2D eigenvalue weighted by atomic mass is 32.2. The summed E-state index contributed by atoms with van der Waals surface area (Å²) in [6, 6.07) is 11.0. The van der Waals surface area contributed by atoms with Crippen LogP contribution >= 0.6 is 0 Å². The fourth-order valence-corrected chi connectivity index (χ4v) is 6.16. The molecule has 1 aliphatic heterocycles. The van der Waals surface area contributed by atoms with Crippen LogP contribution in [0.4, 0.5) is 10.5 Å². The Morgan fingerprint density at radius 1 is 1.00 bits per heavy atom.